The van der Waals surface area contributed by atoms with Crippen LogP contribution in [-0.2, 0) is 11.2 Å². The average Bonchev–Trinajstić information content (AvgIpc) is 2.73. The summed E-state index contributed by atoms with van der Waals surface area (Å²) < 4.78 is 5.45. The van der Waals surface area contributed by atoms with Gasteiger partial charge in [-0.1, -0.05) is 18.6 Å². The molecule has 1 aromatic rings. The van der Waals surface area contributed by atoms with Crippen molar-refractivity contribution >= 4 is 5.97 Å². The maximum Gasteiger partial charge on any atom is 0.311 e. The van der Waals surface area contributed by atoms with Crippen LogP contribution in [0.15, 0.2) is 18.2 Å². The van der Waals surface area contributed by atoms with Gasteiger partial charge in [0.25, 0.3) is 0 Å². The third-order valence-electron chi connectivity index (χ3n) is 4.34. The lowest BCUT2D eigenvalue weighted by Gasteiger charge is -2.42. The summed E-state index contributed by atoms with van der Waals surface area (Å²) in [4.78, 5) is 11.4. The summed E-state index contributed by atoms with van der Waals surface area (Å²) in [5.74, 6) is 0.141. The number of rotatable bonds is 3. The third-order valence-corrected chi connectivity index (χ3v) is 4.34. The first-order valence-electron chi connectivity index (χ1n) is 6.38. The van der Waals surface area contributed by atoms with Gasteiger partial charge in [0.05, 0.1) is 12.0 Å². The number of hydrogen-bond donors (Lipinski definition) is 2. The lowest BCUT2D eigenvalue weighted by Crippen LogP contribution is -2.46. The molecular weight excluding hydrogens is 230 g/mol. The molecule has 1 aliphatic carbocycles. The number of aliphatic carboxylic acids is 1. The van der Waals surface area contributed by atoms with Crippen LogP contribution < -0.4 is 10.5 Å². The van der Waals surface area contributed by atoms with Gasteiger partial charge in [0.1, 0.15) is 5.75 Å². The highest BCUT2D eigenvalue weighted by Crippen LogP contribution is 2.49. The van der Waals surface area contributed by atoms with Crippen LogP contribution in [0.3, 0.4) is 0 Å². The maximum absolute atomic E-state index is 11.4. The van der Waals surface area contributed by atoms with E-state index in [-0.39, 0.29) is 0 Å². The molecule has 18 heavy (non-hydrogen) atoms. The normalized spacial score (nSPS) is 21.6. The highest BCUT2D eigenvalue weighted by atomic mass is 16.5. The zero-order valence-electron chi connectivity index (χ0n) is 10.2. The Hall–Kier alpha value is -1.55. The molecule has 0 spiro atoms. The molecule has 1 fully saturated rings. The minimum atomic E-state index is -0.766. The van der Waals surface area contributed by atoms with Crippen molar-refractivity contribution in [2.24, 2.45) is 11.1 Å². The Morgan fingerprint density at radius 3 is 2.83 bits per heavy atom. The van der Waals surface area contributed by atoms with Crippen molar-refractivity contribution in [2.75, 3.05) is 6.61 Å². The molecule has 96 valence electrons. The topological polar surface area (TPSA) is 72.5 Å². The van der Waals surface area contributed by atoms with E-state index in [4.69, 9.17) is 10.5 Å². The molecule has 1 saturated carbocycles. The monoisotopic (exact) mass is 247 g/mol. The van der Waals surface area contributed by atoms with Gasteiger partial charge >= 0.3 is 5.97 Å². The van der Waals surface area contributed by atoms with Crippen LogP contribution in [0, 0.1) is 5.41 Å². The second-order valence-corrected chi connectivity index (χ2v) is 5.26. The number of hydrogen-bond acceptors (Lipinski definition) is 3. The number of benzene rings is 1. The highest BCUT2D eigenvalue weighted by Gasteiger charge is 2.49. The molecule has 2 aliphatic rings. The van der Waals surface area contributed by atoms with Crippen molar-refractivity contribution in [2.45, 2.75) is 31.7 Å². The van der Waals surface area contributed by atoms with E-state index in [0.717, 1.165) is 29.7 Å². The van der Waals surface area contributed by atoms with Gasteiger partial charge in [0.2, 0.25) is 0 Å². The molecule has 0 aromatic heterocycles. The Labute approximate surface area is 106 Å². The second kappa shape index (κ2) is 3.99. The molecular formula is C14H17NO3. The molecule has 0 amide bonds. The van der Waals surface area contributed by atoms with Crippen LogP contribution >= 0.6 is 0 Å². The predicted octanol–water partition coefficient (Wildman–Crippen LogP) is 1.88. The van der Waals surface area contributed by atoms with Gasteiger partial charge in [-0.25, -0.2) is 0 Å². The molecule has 0 saturated heterocycles. The van der Waals surface area contributed by atoms with Crippen LogP contribution in [0.5, 0.6) is 5.75 Å². The molecule has 3 rings (SSSR count). The first-order valence-corrected chi connectivity index (χ1v) is 6.38. The van der Waals surface area contributed by atoms with Gasteiger partial charge in [-0.15, -0.1) is 0 Å². The molecule has 4 heteroatoms. The summed E-state index contributed by atoms with van der Waals surface area (Å²) in [6.45, 7) is 0.706. The van der Waals surface area contributed by atoms with E-state index >= 15 is 0 Å². The lowest BCUT2D eigenvalue weighted by atomic mass is 9.62. The van der Waals surface area contributed by atoms with Crippen LogP contribution in [0.25, 0.3) is 0 Å². The van der Waals surface area contributed by atoms with E-state index < -0.39 is 17.4 Å². The zero-order chi connectivity index (χ0) is 12.8. The van der Waals surface area contributed by atoms with Crippen molar-refractivity contribution in [3.8, 4) is 5.75 Å². The fraction of sp³-hybridized carbons (Fsp3) is 0.500. The average molecular weight is 247 g/mol. The maximum atomic E-state index is 11.4. The Kier molecular flexibility index (Phi) is 2.55. The predicted molar refractivity (Wildman–Crippen MR) is 66.5 cm³/mol. The van der Waals surface area contributed by atoms with Gasteiger partial charge < -0.3 is 15.6 Å². The van der Waals surface area contributed by atoms with Crippen LogP contribution in [0.4, 0.5) is 0 Å². The van der Waals surface area contributed by atoms with Crippen molar-refractivity contribution in [3.05, 3.63) is 29.3 Å². The molecule has 3 N–H and O–H groups in total. The van der Waals surface area contributed by atoms with Crippen LogP contribution in [-0.4, -0.2) is 17.7 Å². The minimum Gasteiger partial charge on any atom is -0.493 e. The molecule has 1 heterocycles. The number of carboxylic acid groups (broad SMARTS) is 1. The molecule has 0 bridgehead atoms. The van der Waals surface area contributed by atoms with Gasteiger partial charge in [0.15, 0.2) is 0 Å². The molecule has 0 radical (unpaired) electrons. The molecule has 4 nitrogen and oxygen atoms in total. The largest absolute Gasteiger partial charge is 0.493 e. The molecule has 1 atom stereocenters. The Bertz CT molecular complexity index is 494. The number of fused-ring (bicyclic) bond motifs is 1. The Morgan fingerprint density at radius 2 is 2.22 bits per heavy atom. The van der Waals surface area contributed by atoms with Crippen molar-refractivity contribution in [1.29, 1.82) is 0 Å². The van der Waals surface area contributed by atoms with Gasteiger partial charge in [-0.05, 0) is 30.0 Å². The summed E-state index contributed by atoms with van der Waals surface area (Å²) in [5.41, 5.74) is 7.51. The van der Waals surface area contributed by atoms with Gasteiger partial charge in [0, 0.05) is 12.5 Å². The summed E-state index contributed by atoms with van der Waals surface area (Å²) in [7, 11) is 0. The fourth-order valence-electron chi connectivity index (χ4n) is 2.93. The quantitative estimate of drug-likeness (QED) is 0.855. The van der Waals surface area contributed by atoms with E-state index in [0.29, 0.717) is 19.4 Å². The van der Waals surface area contributed by atoms with Crippen LogP contribution in [0.1, 0.15) is 36.4 Å². The first kappa shape index (κ1) is 11.5. The van der Waals surface area contributed by atoms with Crippen molar-refractivity contribution < 1.29 is 14.6 Å². The molecule has 1 aliphatic heterocycles. The summed E-state index contributed by atoms with van der Waals surface area (Å²) in [6, 6.07) is 5.40. The standard InChI is InChI=1S/C14H17NO3/c15-12(14(13(16)17)5-1-6-14)10-2-3-11-9(8-10)4-7-18-11/h2-3,8,12H,1,4-7,15H2,(H,16,17). The lowest BCUT2D eigenvalue weighted by molar-refractivity contribution is -0.156. The summed E-state index contributed by atoms with van der Waals surface area (Å²) >= 11 is 0. The minimum absolute atomic E-state index is 0.422. The van der Waals surface area contributed by atoms with Gasteiger partial charge in [-0.3, -0.25) is 4.79 Å². The Balaban J connectivity index is 1.92. The van der Waals surface area contributed by atoms with Crippen molar-refractivity contribution in [3.63, 3.8) is 0 Å². The third kappa shape index (κ3) is 1.52. The number of nitrogens with two attached hydrogens (primary N) is 1. The van der Waals surface area contributed by atoms with E-state index in [1.165, 1.54) is 0 Å². The number of ether oxygens (including phenoxy) is 1. The van der Waals surface area contributed by atoms with E-state index in [9.17, 15) is 9.90 Å². The Morgan fingerprint density at radius 1 is 1.44 bits per heavy atom. The number of carboxylic acids is 1. The van der Waals surface area contributed by atoms with Crippen molar-refractivity contribution in [1.82, 2.24) is 0 Å². The SMILES string of the molecule is NC(c1ccc2c(c1)CCO2)C1(C(=O)O)CCC1. The molecule has 1 unspecified atom stereocenters. The van der Waals surface area contributed by atoms with Gasteiger partial charge in [-0.2, -0.15) is 0 Å². The van der Waals surface area contributed by atoms with E-state index in [1.807, 2.05) is 18.2 Å². The highest BCUT2D eigenvalue weighted by molar-refractivity contribution is 5.77. The fourth-order valence-corrected chi connectivity index (χ4v) is 2.93. The zero-order valence-corrected chi connectivity index (χ0v) is 10.2. The summed E-state index contributed by atoms with van der Waals surface area (Å²) in [5, 5.41) is 9.40. The van der Waals surface area contributed by atoms with E-state index in [1.54, 1.807) is 0 Å². The molecule has 1 aromatic carbocycles. The first-order chi connectivity index (χ1) is 8.63. The van der Waals surface area contributed by atoms with Crippen LogP contribution in [0.2, 0.25) is 0 Å². The van der Waals surface area contributed by atoms with E-state index in [2.05, 4.69) is 0 Å². The smallest absolute Gasteiger partial charge is 0.311 e. The number of carbonyl (C=O) groups is 1. The second-order valence-electron chi connectivity index (χ2n) is 5.26. The summed E-state index contributed by atoms with van der Waals surface area (Å²) in [6.07, 6.45) is 3.19.